The molecule has 0 spiro atoms. The van der Waals surface area contributed by atoms with Crippen LogP contribution < -0.4 is 0 Å². The summed E-state index contributed by atoms with van der Waals surface area (Å²) in [7, 11) is 0. The quantitative estimate of drug-likeness (QED) is 0.400. The number of aryl methyl sites for hydroxylation is 1. The van der Waals surface area contributed by atoms with Crippen LogP contribution in [0.5, 0.6) is 0 Å². The molecule has 0 aliphatic carbocycles. The molecular formula is C6H8N2S2. The Balaban J connectivity index is 3.19. The fourth-order valence-electron chi connectivity index (χ4n) is 0.657. The van der Waals surface area contributed by atoms with Crippen LogP contribution in [0.4, 0.5) is 0 Å². The molecular weight excluding hydrogens is 164 g/mol. The number of H-pyrrole nitrogens is 1. The molecule has 1 heterocycles. The largest absolute Gasteiger partial charge is 0.335 e. The van der Waals surface area contributed by atoms with Crippen LogP contribution in [-0.4, -0.2) is 16.2 Å². The molecule has 0 aliphatic heterocycles. The third-order valence-electron chi connectivity index (χ3n) is 1.05. The fourth-order valence-corrected chi connectivity index (χ4v) is 1.45. The van der Waals surface area contributed by atoms with Crippen molar-refractivity contribution in [2.24, 2.45) is 0 Å². The van der Waals surface area contributed by atoms with Crippen LogP contribution in [0.1, 0.15) is 5.82 Å². The number of hydrogen-bond donors (Lipinski definition) is 1. The second-order valence-corrected chi connectivity index (χ2v) is 3.14. The molecule has 0 fully saturated rings. The highest BCUT2D eigenvalue weighted by Crippen LogP contribution is 2.09. The Kier molecular flexibility index (Phi) is 2.45. The maximum Gasteiger partial charge on any atom is 0.107 e. The van der Waals surface area contributed by atoms with E-state index in [1.165, 1.54) is 0 Å². The molecule has 2 nitrogen and oxygen atoms in total. The summed E-state index contributed by atoms with van der Waals surface area (Å²) in [5.41, 5.74) is 0. The second-order valence-electron chi connectivity index (χ2n) is 1.87. The third-order valence-corrected chi connectivity index (χ3v) is 1.89. The average molecular weight is 172 g/mol. The molecule has 4 heteroatoms. The minimum Gasteiger partial charge on any atom is -0.335 e. The molecule has 54 valence electrons. The van der Waals surface area contributed by atoms with Crippen molar-refractivity contribution < 1.29 is 0 Å². The van der Waals surface area contributed by atoms with E-state index >= 15 is 0 Å². The standard InChI is InChI=1S/C6H8N2S2/c1-4-7-5(9)3-6(8-4)10-2/h3H,1-2H3,(H,7,8,9). The highest BCUT2D eigenvalue weighted by atomic mass is 32.2. The highest BCUT2D eigenvalue weighted by molar-refractivity contribution is 7.98. The first-order valence-electron chi connectivity index (χ1n) is 2.84. The van der Waals surface area contributed by atoms with Crippen molar-refractivity contribution in [1.82, 2.24) is 9.97 Å². The number of nitrogens with one attached hydrogen (secondary N) is 1. The van der Waals surface area contributed by atoms with Gasteiger partial charge in [-0.3, -0.25) is 0 Å². The Bertz CT molecular complexity index is 279. The molecule has 0 unspecified atom stereocenters. The van der Waals surface area contributed by atoms with E-state index in [4.69, 9.17) is 12.2 Å². The molecule has 10 heavy (non-hydrogen) atoms. The van der Waals surface area contributed by atoms with E-state index in [2.05, 4.69) is 9.97 Å². The van der Waals surface area contributed by atoms with Gasteiger partial charge in [0.15, 0.2) is 0 Å². The van der Waals surface area contributed by atoms with Crippen molar-refractivity contribution in [3.63, 3.8) is 0 Å². The molecule has 0 amide bonds. The summed E-state index contributed by atoms with van der Waals surface area (Å²) in [5, 5.41) is 0.973. The van der Waals surface area contributed by atoms with E-state index in [1.807, 2.05) is 19.2 Å². The number of hydrogen-bond acceptors (Lipinski definition) is 3. The molecule has 1 aromatic rings. The molecule has 1 rings (SSSR count). The predicted octanol–water partition coefficient (Wildman–Crippen LogP) is 2.17. The first-order chi connectivity index (χ1) is 4.72. The normalized spacial score (nSPS) is 9.80. The number of aromatic amines is 1. The zero-order chi connectivity index (χ0) is 7.56. The van der Waals surface area contributed by atoms with Gasteiger partial charge < -0.3 is 4.98 Å². The number of thioether (sulfide) groups is 1. The van der Waals surface area contributed by atoms with E-state index < -0.39 is 0 Å². The molecule has 0 saturated carbocycles. The van der Waals surface area contributed by atoms with Crippen LogP contribution in [0.3, 0.4) is 0 Å². The van der Waals surface area contributed by atoms with Crippen molar-refractivity contribution >= 4 is 24.0 Å². The summed E-state index contributed by atoms with van der Waals surface area (Å²) in [6, 6.07) is 1.85. The van der Waals surface area contributed by atoms with Gasteiger partial charge in [0, 0.05) is 6.07 Å². The minimum atomic E-state index is 0.747. The Morgan fingerprint density at radius 3 is 2.90 bits per heavy atom. The molecule has 0 aromatic carbocycles. The van der Waals surface area contributed by atoms with Crippen LogP contribution in [0.25, 0.3) is 0 Å². The second kappa shape index (κ2) is 3.16. The molecule has 0 saturated heterocycles. The molecule has 0 bridgehead atoms. The van der Waals surface area contributed by atoms with Gasteiger partial charge in [-0.25, -0.2) is 4.98 Å². The molecule has 0 radical (unpaired) electrons. The zero-order valence-corrected chi connectivity index (χ0v) is 7.47. The lowest BCUT2D eigenvalue weighted by atomic mass is 10.6. The van der Waals surface area contributed by atoms with Gasteiger partial charge in [-0.15, -0.1) is 11.8 Å². The summed E-state index contributed by atoms with van der Waals surface area (Å²) >= 11 is 6.54. The summed E-state index contributed by atoms with van der Waals surface area (Å²) in [4.78, 5) is 7.13. The topological polar surface area (TPSA) is 28.7 Å². The van der Waals surface area contributed by atoms with Gasteiger partial charge in [-0.05, 0) is 13.2 Å². The van der Waals surface area contributed by atoms with Crippen LogP contribution in [-0.2, 0) is 0 Å². The molecule has 1 aromatic heterocycles. The van der Waals surface area contributed by atoms with Crippen molar-refractivity contribution in [3.8, 4) is 0 Å². The van der Waals surface area contributed by atoms with Crippen molar-refractivity contribution in [2.45, 2.75) is 11.9 Å². The number of nitrogens with zero attached hydrogens (tertiary/aromatic N) is 1. The number of aromatic nitrogens is 2. The fraction of sp³-hybridized carbons (Fsp3) is 0.333. The maximum absolute atomic E-state index is 4.94. The third kappa shape index (κ3) is 1.82. The monoisotopic (exact) mass is 172 g/mol. The van der Waals surface area contributed by atoms with E-state index in [-0.39, 0.29) is 0 Å². The van der Waals surface area contributed by atoms with E-state index in [1.54, 1.807) is 11.8 Å². The molecule has 0 aliphatic rings. The Hall–Kier alpha value is -0.350. The summed E-state index contributed by atoms with van der Waals surface area (Å²) in [5.74, 6) is 0.872. The van der Waals surface area contributed by atoms with Gasteiger partial charge in [0.25, 0.3) is 0 Å². The van der Waals surface area contributed by atoms with Gasteiger partial charge in [-0.1, -0.05) is 12.2 Å². The van der Waals surface area contributed by atoms with E-state index in [9.17, 15) is 0 Å². The lowest BCUT2D eigenvalue weighted by molar-refractivity contribution is 0.960. The lowest BCUT2D eigenvalue weighted by Gasteiger charge is -1.95. The van der Waals surface area contributed by atoms with E-state index in [0.29, 0.717) is 0 Å². The molecule has 1 N–H and O–H groups in total. The summed E-state index contributed by atoms with van der Waals surface area (Å²) < 4.78 is 0.747. The van der Waals surface area contributed by atoms with E-state index in [0.717, 1.165) is 15.5 Å². The van der Waals surface area contributed by atoms with Gasteiger partial charge in [-0.2, -0.15) is 0 Å². The predicted molar refractivity (Wildman–Crippen MR) is 45.9 cm³/mol. The Morgan fingerprint density at radius 2 is 2.40 bits per heavy atom. The number of rotatable bonds is 1. The smallest absolute Gasteiger partial charge is 0.107 e. The minimum absolute atomic E-state index is 0.747. The molecule has 0 atom stereocenters. The average Bonchev–Trinajstić information content (AvgIpc) is 1.85. The highest BCUT2D eigenvalue weighted by Gasteiger charge is 1.91. The van der Waals surface area contributed by atoms with Crippen molar-refractivity contribution in [2.75, 3.05) is 6.26 Å². The van der Waals surface area contributed by atoms with Gasteiger partial charge in [0.05, 0.1) is 0 Å². The maximum atomic E-state index is 4.94. The Morgan fingerprint density at radius 1 is 1.70 bits per heavy atom. The van der Waals surface area contributed by atoms with Crippen molar-refractivity contribution in [1.29, 1.82) is 0 Å². The SMILES string of the molecule is CSc1cc(=S)[nH]c(C)n1. The van der Waals surface area contributed by atoms with Crippen molar-refractivity contribution in [3.05, 3.63) is 16.5 Å². The Labute approximate surface area is 69.1 Å². The zero-order valence-electron chi connectivity index (χ0n) is 5.84. The van der Waals surface area contributed by atoms with Crippen LogP contribution in [0.15, 0.2) is 11.1 Å². The summed E-state index contributed by atoms with van der Waals surface area (Å²) in [6.45, 7) is 1.90. The summed E-state index contributed by atoms with van der Waals surface area (Å²) in [6.07, 6.45) is 1.98. The van der Waals surface area contributed by atoms with Gasteiger partial charge in [0.1, 0.15) is 15.5 Å². The van der Waals surface area contributed by atoms with Crippen LogP contribution >= 0.6 is 24.0 Å². The first-order valence-corrected chi connectivity index (χ1v) is 4.47. The van der Waals surface area contributed by atoms with Gasteiger partial charge >= 0.3 is 0 Å². The lowest BCUT2D eigenvalue weighted by Crippen LogP contribution is -1.88. The first kappa shape index (κ1) is 7.75. The van der Waals surface area contributed by atoms with Crippen LogP contribution in [0.2, 0.25) is 0 Å². The van der Waals surface area contributed by atoms with Crippen LogP contribution in [0, 0.1) is 11.6 Å². The van der Waals surface area contributed by atoms with Gasteiger partial charge in [0.2, 0.25) is 0 Å².